The van der Waals surface area contributed by atoms with Crippen molar-refractivity contribution in [3.63, 3.8) is 0 Å². The van der Waals surface area contributed by atoms with Gasteiger partial charge in [0.1, 0.15) is 0 Å². The van der Waals surface area contributed by atoms with Gasteiger partial charge in [-0.1, -0.05) is 99.8 Å². The highest BCUT2D eigenvalue weighted by atomic mass is 16.3. The van der Waals surface area contributed by atoms with E-state index in [0.29, 0.717) is 11.8 Å². The van der Waals surface area contributed by atoms with E-state index in [2.05, 4.69) is 71.2 Å². The summed E-state index contributed by atoms with van der Waals surface area (Å²) < 4.78 is 2.30. The van der Waals surface area contributed by atoms with E-state index >= 15 is 0 Å². The van der Waals surface area contributed by atoms with E-state index in [4.69, 9.17) is 0 Å². The fourth-order valence-electron chi connectivity index (χ4n) is 6.20. The van der Waals surface area contributed by atoms with Crippen LogP contribution in [0.1, 0.15) is 80.6 Å². The number of nitrogens with one attached hydrogen (secondary N) is 1. The monoisotopic (exact) mass is 509 g/mol. The van der Waals surface area contributed by atoms with E-state index in [0.717, 1.165) is 41.4 Å². The van der Waals surface area contributed by atoms with Crippen LogP contribution in [0.25, 0.3) is 11.0 Å². The number of aliphatic hydroxyl groups is 1. The van der Waals surface area contributed by atoms with Gasteiger partial charge in [0, 0.05) is 0 Å². The number of amides is 1. The van der Waals surface area contributed by atoms with Crippen molar-refractivity contribution in [2.45, 2.75) is 64.0 Å². The van der Waals surface area contributed by atoms with Crippen LogP contribution in [0.3, 0.4) is 0 Å². The number of fused-ring (bicyclic) bond motifs is 1. The molecule has 4 atom stereocenters. The fourth-order valence-corrected chi connectivity index (χ4v) is 6.20. The molecule has 1 aromatic heterocycles. The zero-order chi connectivity index (χ0) is 26.5. The lowest BCUT2D eigenvalue weighted by molar-refractivity contribution is -0.124. The number of rotatable bonds is 10. The normalized spacial score (nSPS) is 17.2. The number of aromatic nitrogens is 2. The Balaban J connectivity index is 1.44. The predicted molar refractivity (Wildman–Crippen MR) is 153 cm³/mol. The summed E-state index contributed by atoms with van der Waals surface area (Å²) in [5.74, 6) is 0.523. The fraction of sp³-hybridized carbons (Fsp3) is 0.394. The molecule has 1 fully saturated rings. The standard InChI is InChI=1S/C33H39N3O2/c1-3-23(2)32(36-22-34-28-15-9-10-16-30(28)36)27-19-17-26(18-20-27)31(25-13-7-8-14-25)33(38)35-29(21-37)24-11-5-4-6-12-24/h4-6,9-12,15-20,22-23,25,29,31-32,37H,3,7-8,13-14,21H2,1-2H3,(H,35,38). The van der Waals surface area contributed by atoms with Crippen molar-refractivity contribution >= 4 is 16.9 Å². The van der Waals surface area contributed by atoms with Crippen LogP contribution in [0.15, 0.2) is 85.2 Å². The minimum absolute atomic E-state index is 0.00614. The van der Waals surface area contributed by atoms with E-state index in [1.165, 1.54) is 18.4 Å². The Hall–Kier alpha value is -3.44. The molecule has 0 spiro atoms. The summed E-state index contributed by atoms with van der Waals surface area (Å²) in [6, 6.07) is 26.5. The minimum Gasteiger partial charge on any atom is -0.394 e. The average Bonchev–Trinajstić information content (AvgIpc) is 3.64. The molecule has 4 aromatic rings. The highest BCUT2D eigenvalue weighted by Gasteiger charge is 2.33. The number of benzene rings is 3. The molecule has 38 heavy (non-hydrogen) atoms. The number of carbonyl (C=O) groups excluding carboxylic acids is 1. The first kappa shape index (κ1) is 26.2. The second-order valence-corrected chi connectivity index (χ2v) is 10.8. The van der Waals surface area contributed by atoms with Gasteiger partial charge in [-0.3, -0.25) is 4.79 Å². The molecule has 2 N–H and O–H groups in total. The number of aliphatic hydroxyl groups excluding tert-OH is 1. The first-order valence-corrected chi connectivity index (χ1v) is 14.1. The Bertz CT molecular complexity index is 1330. The summed E-state index contributed by atoms with van der Waals surface area (Å²) in [5, 5.41) is 13.2. The molecule has 5 rings (SSSR count). The molecule has 3 aromatic carbocycles. The molecule has 4 unspecified atom stereocenters. The first-order chi connectivity index (χ1) is 18.6. The zero-order valence-electron chi connectivity index (χ0n) is 22.5. The van der Waals surface area contributed by atoms with Crippen molar-refractivity contribution in [3.05, 3.63) is 102 Å². The van der Waals surface area contributed by atoms with Crippen LogP contribution in [0.5, 0.6) is 0 Å². The molecule has 5 nitrogen and oxygen atoms in total. The van der Waals surface area contributed by atoms with Crippen LogP contribution in [-0.2, 0) is 4.79 Å². The van der Waals surface area contributed by atoms with Crippen LogP contribution in [0.4, 0.5) is 0 Å². The van der Waals surface area contributed by atoms with Crippen molar-refractivity contribution in [2.24, 2.45) is 11.8 Å². The molecule has 1 amide bonds. The van der Waals surface area contributed by atoms with Gasteiger partial charge in [-0.05, 0) is 53.5 Å². The largest absolute Gasteiger partial charge is 0.394 e. The Kier molecular flexibility index (Phi) is 8.23. The van der Waals surface area contributed by atoms with E-state index in [9.17, 15) is 9.90 Å². The predicted octanol–water partition coefficient (Wildman–Crippen LogP) is 6.80. The highest BCUT2D eigenvalue weighted by Crippen LogP contribution is 2.39. The van der Waals surface area contributed by atoms with Crippen LogP contribution in [0.2, 0.25) is 0 Å². The Labute approximate surface area is 225 Å². The lowest BCUT2D eigenvalue weighted by Crippen LogP contribution is -2.37. The Morgan fingerprint density at radius 1 is 0.947 bits per heavy atom. The van der Waals surface area contributed by atoms with Gasteiger partial charge in [-0.2, -0.15) is 0 Å². The van der Waals surface area contributed by atoms with Crippen molar-refractivity contribution in [1.82, 2.24) is 14.9 Å². The van der Waals surface area contributed by atoms with Crippen molar-refractivity contribution < 1.29 is 9.90 Å². The quantitative estimate of drug-likeness (QED) is 0.247. The summed E-state index contributed by atoms with van der Waals surface area (Å²) in [4.78, 5) is 18.4. The van der Waals surface area contributed by atoms with Gasteiger partial charge in [0.05, 0.1) is 42.0 Å². The van der Waals surface area contributed by atoms with E-state index in [-0.39, 0.29) is 24.5 Å². The molecule has 0 bridgehead atoms. The van der Waals surface area contributed by atoms with Gasteiger partial charge >= 0.3 is 0 Å². The molecule has 1 aliphatic carbocycles. The number of hydrogen-bond acceptors (Lipinski definition) is 3. The maximum absolute atomic E-state index is 13.7. The summed E-state index contributed by atoms with van der Waals surface area (Å²) in [6.45, 7) is 4.40. The second kappa shape index (κ2) is 12.0. The summed E-state index contributed by atoms with van der Waals surface area (Å²) in [5.41, 5.74) is 5.36. The third-order valence-electron chi connectivity index (χ3n) is 8.46. The number of imidazole rings is 1. The van der Waals surface area contributed by atoms with Crippen LogP contribution in [0, 0.1) is 11.8 Å². The van der Waals surface area contributed by atoms with E-state index < -0.39 is 6.04 Å². The van der Waals surface area contributed by atoms with Gasteiger partial charge in [0.2, 0.25) is 5.91 Å². The lowest BCUT2D eigenvalue weighted by Gasteiger charge is -2.28. The highest BCUT2D eigenvalue weighted by molar-refractivity contribution is 5.84. The van der Waals surface area contributed by atoms with E-state index in [1.54, 1.807) is 0 Å². The van der Waals surface area contributed by atoms with E-state index in [1.807, 2.05) is 42.7 Å². The molecule has 0 aliphatic heterocycles. The molecule has 198 valence electrons. The molecule has 0 radical (unpaired) electrons. The van der Waals surface area contributed by atoms with Crippen LogP contribution in [-0.4, -0.2) is 27.2 Å². The third-order valence-corrected chi connectivity index (χ3v) is 8.46. The van der Waals surface area contributed by atoms with Crippen molar-refractivity contribution in [2.75, 3.05) is 6.61 Å². The van der Waals surface area contributed by atoms with Crippen molar-refractivity contribution in [3.8, 4) is 0 Å². The molecule has 1 heterocycles. The summed E-state index contributed by atoms with van der Waals surface area (Å²) >= 11 is 0. The number of hydrogen-bond donors (Lipinski definition) is 2. The molecule has 1 aliphatic rings. The number of para-hydroxylation sites is 2. The first-order valence-electron chi connectivity index (χ1n) is 14.1. The maximum atomic E-state index is 13.7. The smallest absolute Gasteiger partial charge is 0.228 e. The molecule has 1 saturated carbocycles. The van der Waals surface area contributed by atoms with Crippen LogP contribution >= 0.6 is 0 Å². The van der Waals surface area contributed by atoms with Crippen molar-refractivity contribution in [1.29, 1.82) is 0 Å². The van der Waals surface area contributed by atoms with Crippen LogP contribution < -0.4 is 5.32 Å². The number of nitrogens with zero attached hydrogens (tertiary/aromatic N) is 2. The summed E-state index contributed by atoms with van der Waals surface area (Å²) in [7, 11) is 0. The summed E-state index contributed by atoms with van der Waals surface area (Å²) in [6.07, 6.45) is 7.46. The Morgan fingerprint density at radius 2 is 1.61 bits per heavy atom. The number of carbonyl (C=O) groups is 1. The topological polar surface area (TPSA) is 67.2 Å². The molecular formula is C33H39N3O2. The maximum Gasteiger partial charge on any atom is 0.228 e. The zero-order valence-corrected chi connectivity index (χ0v) is 22.5. The Morgan fingerprint density at radius 3 is 2.29 bits per heavy atom. The van der Waals surface area contributed by atoms with Gasteiger partial charge < -0.3 is 15.0 Å². The minimum atomic E-state index is -0.406. The van der Waals surface area contributed by atoms with Gasteiger partial charge in [-0.15, -0.1) is 0 Å². The molecular weight excluding hydrogens is 470 g/mol. The van der Waals surface area contributed by atoms with Gasteiger partial charge in [-0.25, -0.2) is 4.98 Å². The SMILES string of the molecule is CCC(C)C(c1ccc(C(C(=O)NC(CO)c2ccccc2)C2CCCC2)cc1)n1cnc2ccccc21. The van der Waals surface area contributed by atoms with Gasteiger partial charge in [0.15, 0.2) is 0 Å². The molecule has 5 heteroatoms. The second-order valence-electron chi connectivity index (χ2n) is 10.8. The third kappa shape index (κ3) is 5.39. The van der Waals surface area contributed by atoms with Gasteiger partial charge in [0.25, 0.3) is 0 Å². The average molecular weight is 510 g/mol. The molecule has 0 saturated heterocycles. The lowest BCUT2D eigenvalue weighted by atomic mass is 9.82.